The van der Waals surface area contributed by atoms with E-state index in [1.54, 1.807) is 0 Å². The second-order valence-electron chi connectivity index (χ2n) is 4.92. The Morgan fingerprint density at radius 1 is 0.643 bits per heavy atom. The Morgan fingerprint density at radius 2 is 1.07 bits per heavy atom. The summed E-state index contributed by atoms with van der Waals surface area (Å²) in [7, 11) is -7.80. The molecule has 0 heterocycles. The van der Waals surface area contributed by atoms with E-state index in [9.17, 15) is 26.4 Å². The Balaban J connectivity index is 3.65. The van der Waals surface area contributed by atoms with Crippen molar-refractivity contribution in [2.24, 2.45) is 0 Å². The Morgan fingerprint density at radius 3 is 1.54 bits per heavy atom. The third kappa shape index (κ3) is 15.0. The average molecular weight is 446 g/mol. The zero-order valence-corrected chi connectivity index (χ0v) is 17.0. The highest BCUT2D eigenvalue weighted by Gasteiger charge is 2.16. The number of carbonyl (C=O) groups excluding carboxylic acids is 2. The topological polar surface area (TPSA) is 158 Å². The molecule has 0 spiro atoms. The molecule has 0 aliphatic heterocycles. The summed E-state index contributed by atoms with van der Waals surface area (Å²) >= 11 is 0. The maximum absolute atomic E-state index is 11.3. The number of rotatable bonds is 15. The molecule has 0 saturated heterocycles. The first kappa shape index (κ1) is 25.8. The van der Waals surface area contributed by atoms with Crippen LogP contribution in [0.3, 0.4) is 0 Å². The molecular weight excluding hydrogens is 424 g/mol. The molecule has 0 aliphatic carbocycles. The molecular formula is C14H22O12S2. The number of carbonyl (C=O) groups is 2. The summed E-state index contributed by atoms with van der Waals surface area (Å²) in [5.74, 6) is -3.39. The van der Waals surface area contributed by atoms with E-state index in [4.69, 9.17) is 14.2 Å². The van der Waals surface area contributed by atoms with Crippen LogP contribution >= 0.6 is 0 Å². The van der Waals surface area contributed by atoms with Gasteiger partial charge in [-0.05, 0) is 13.2 Å². The third-order valence-corrected chi connectivity index (χ3v) is 3.23. The summed E-state index contributed by atoms with van der Waals surface area (Å²) in [5, 5.41) is 0. The van der Waals surface area contributed by atoms with Crippen LogP contribution in [0, 0.1) is 0 Å². The number of hydrogen-bond acceptors (Lipinski definition) is 12. The maximum atomic E-state index is 11.3. The van der Waals surface area contributed by atoms with Gasteiger partial charge in [0.05, 0.1) is 38.9 Å². The second-order valence-corrected chi connectivity index (χ2v) is 8.07. The Bertz CT molecular complexity index is 700. The van der Waals surface area contributed by atoms with Crippen molar-refractivity contribution in [2.45, 2.75) is 0 Å². The van der Waals surface area contributed by atoms with Crippen LogP contribution in [0.2, 0.25) is 0 Å². The summed E-state index contributed by atoms with van der Waals surface area (Å²) in [6.45, 7) is 6.50. The van der Waals surface area contributed by atoms with E-state index in [1.165, 1.54) is 0 Å². The highest BCUT2D eigenvalue weighted by atomic mass is 32.2. The largest absolute Gasteiger partial charge is 0.484 e. The van der Waals surface area contributed by atoms with Gasteiger partial charge < -0.3 is 27.3 Å². The zero-order chi connectivity index (χ0) is 21.8. The van der Waals surface area contributed by atoms with Crippen LogP contribution < -0.4 is 0 Å². The van der Waals surface area contributed by atoms with Crippen LogP contribution in [-0.2, 0) is 57.1 Å². The molecule has 0 unspecified atom stereocenters. The summed E-state index contributed by atoms with van der Waals surface area (Å²) < 4.78 is 71.2. The molecule has 0 atom stereocenters. The first-order chi connectivity index (χ1) is 12.8. The molecule has 0 radical (unpaired) electrons. The number of esters is 1. The summed E-state index contributed by atoms with van der Waals surface area (Å²) in [4.78, 5) is 22.5. The molecule has 28 heavy (non-hydrogen) atoms. The fourth-order valence-corrected chi connectivity index (χ4v) is 2.08. The van der Waals surface area contributed by atoms with Crippen molar-refractivity contribution in [3.63, 3.8) is 0 Å². The number of ether oxygens (including phenoxy) is 4. The molecule has 14 heteroatoms. The van der Waals surface area contributed by atoms with Crippen LogP contribution in [0.15, 0.2) is 24.7 Å². The van der Waals surface area contributed by atoms with Crippen molar-refractivity contribution in [1.82, 2.24) is 0 Å². The highest BCUT2D eigenvalue weighted by molar-refractivity contribution is 7.86. The average Bonchev–Trinajstić information content (AvgIpc) is 2.52. The standard InChI is InChI=1S/C14H22O12S2/c1-11(14(16)26-28(4,19)20)23-9-7-21-5-6-22-8-10-24-13(15)12(2)25-27(3,17)18/h1-2,5-10H2,3-4H3. The lowest BCUT2D eigenvalue weighted by Gasteiger charge is -2.09. The van der Waals surface area contributed by atoms with E-state index in [1.807, 2.05) is 0 Å². The first-order valence-corrected chi connectivity index (χ1v) is 11.1. The van der Waals surface area contributed by atoms with Gasteiger partial charge in [-0.15, -0.1) is 0 Å². The van der Waals surface area contributed by atoms with Crippen LogP contribution in [0.4, 0.5) is 0 Å². The smallest absolute Gasteiger partial charge is 0.388 e. The summed E-state index contributed by atoms with van der Waals surface area (Å²) in [5.41, 5.74) is 0. The molecule has 0 bridgehead atoms. The minimum Gasteiger partial charge on any atom is -0.484 e. The Kier molecular flexibility index (Phi) is 11.4. The molecule has 0 aromatic carbocycles. The predicted octanol–water partition coefficient (Wildman–Crippen LogP) is -0.914. The van der Waals surface area contributed by atoms with E-state index in [0.717, 1.165) is 6.26 Å². The molecule has 0 fully saturated rings. The van der Waals surface area contributed by atoms with Crippen molar-refractivity contribution < 1.29 is 53.7 Å². The lowest BCUT2D eigenvalue weighted by atomic mass is 10.6. The van der Waals surface area contributed by atoms with Crippen LogP contribution in [0.1, 0.15) is 0 Å². The Labute approximate surface area is 163 Å². The van der Waals surface area contributed by atoms with Crippen molar-refractivity contribution in [2.75, 3.05) is 52.2 Å². The highest BCUT2D eigenvalue weighted by Crippen LogP contribution is 2.02. The molecule has 0 N–H and O–H groups in total. The molecule has 0 aliphatic rings. The molecule has 0 amide bonds. The van der Waals surface area contributed by atoms with Gasteiger partial charge in [-0.3, -0.25) is 0 Å². The van der Waals surface area contributed by atoms with E-state index in [-0.39, 0.29) is 39.6 Å². The van der Waals surface area contributed by atoms with Gasteiger partial charge in [-0.2, -0.15) is 16.8 Å². The van der Waals surface area contributed by atoms with E-state index in [2.05, 4.69) is 26.3 Å². The van der Waals surface area contributed by atoms with E-state index in [0.29, 0.717) is 6.26 Å². The normalized spacial score (nSPS) is 11.4. The van der Waals surface area contributed by atoms with Crippen molar-refractivity contribution in [3.8, 4) is 0 Å². The van der Waals surface area contributed by atoms with Gasteiger partial charge in [0.15, 0.2) is 5.76 Å². The monoisotopic (exact) mass is 446 g/mol. The maximum Gasteiger partial charge on any atom is 0.388 e. The first-order valence-electron chi connectivity index (χ1n) is 7.48. The quantitative estimate of drug-likeness (QED) is 0.100. The van der Waals surface area contributed by atoms with Crippen LogP contribution in [0.25, 0.3) is 0 Å². The lowest BCUT2D eigenvalue weighted by Crippen LogP contribution is -2.17. The number of hydrogen-bond donors (Lipinski definition) is 0. The zero-order valence-electron chi connectivity index (χ0n) is 15.4. The van der Waals surface area contributed by atoms with Crippen LogP contribution in [-0.4, -0.2) is 80.9 Å². The molecule has 12 nitrogen and oxygen atoms in total. The van der Waals surface area contributed by atoms with E-state index >= 15 is 0 Å². The fraction of sp³-hybridized carbons (Fsp3) is 0.571. The minimum atomic E-state index is -3.95. The van der Waals surface area contributed by atoms with Crippen molar-refractivity contribution >= 4 is 32.2 Å². The fourth-order valence-electron chi connectivity index (χ4n) is 1.28. The SMILES string of the molecule is C=C(OS(C)(=O)=O)C(=O)OCCOCCOCCOC(=C)C(=O)OS(C)(=O)=O. The van der Waals surface area contributed by atoms with Gasteiger partial charge in [0.25, 0.3) is 0 Å². The molecule has 162 valence electrons. The van der Waals surface area contributed by atoms with Gasteiger partial charge in [-0.1, -0.05) is 0 Å². The summed E-state index contributed by atoms with van der Waals surface area (Å²) in [6, 6.07) is 0. The van der Waals surface area contributed by atoms with Gasteiger partial charge in [0.1, 0.15) is 13.2 Å². The third-order valence-electron chi connectivity index (χ3n) is 2.27. The van der Waals surface area contributed by atoms with Gasteiger partial charge in [0.2, 0.25) is 5.76 Å². The predicted molar refractivity (Wildman–Crippen MR) is 93.7 cm³/mol. The Hall–Kier alpha value is -2.16. The second kappa shape index (κ2) is 12.3. The van der Waals surface area contributed by atoms with Crippen LogP contribution in [0.5, 0.6) is 0 Å². The van der Waals surface area contributed by atoms with Gasteiger partial charge >= 0.3 is 32.2 Å². The lowest BCUT2D eigenvalue weighted by molar-refractivity contribution is -0.143. The minimum absolute atomic E-state index is 0.0197. The van der Waals surface area contributed by atoms with Crippen molar-refractivity contribution in [3.05, 3.63) is 24.7 Å². The molecule has 0 aromatic rings. The van der Waals surface area contributed by atoms with Gasteiger partial charge in [-0.25, -0.2) is 9.59 Å². The summed E-state index contributed by atoms with van der Waals surface area (Å²) in [6.07, 6.45) is 1.47. The van der Waals surface area contributed by atoms with Gasteiger partial charge in [0, 0.05) is 0 Å². The molecule has 0 saturated carbocycles. The molecule has 0 rings (SSSR count). The molecule has 0 aromatic heterocycles. The van der Waals surface area contributed by atoms with E-state index < -0.39 is 43.7 Å². The van der Waals surface area contributed by atoms with Crippen molar-refractivity contribution in [1.29, 1.82) is 0 Å².